The van der Waals surface area contributed by atoms with Gasteiger partial charge in [-0.3, -0.25) is 4.79 Å². The maximum Gasteiger partial charge on any atom is 0.270 e. The molecule has 1 aliphatic rings. The summed E-state index contributed by atoms with van der Waals surface area (Å²) in [7, 11) is 4.72. The van der Waals surface area contributed by atoms with Crippen LogP contribution in [0.1, 0.15) is 29.1 Å². The van der Waals surface area contributed by atoms with Gasteiger partial charge >= 0.3 is 0 Å². The number of carbonyl (C=O) groups excluding carboxylic acids is 1. The summed E-state index contributed by atoms with van der Waals surface area (Å²) in [6, 6.07) is 7.51. The van der Waals surface area contributed by atoms with Gasteiger partial charge in [0.25, 0.3) is 5.91 Å². The monoisotopic (exact) mass is 370 g/mol. The molecule has 0 radical (unpaired) electrons. The van der Waals surface area contributed by atoms with E-state index in [1.807, 2.05) is 17.0 Å². The van der Waals surface area contributed by atoms with Crippen LogP contribution in [0.2, 0.25) is 0 Å². The number of methoxy groups -OCH3 is 3. The first kappa shape index (κ1) is 17.3. The van der Waals surface area contributed by atoms with Crippen molar-refractivity contribution in [3.05, 3.63) is 42.0 Å². The molecule has 1 N–H and O–H groups in total. The lowest BCUT2D eigenvalue weighted by Crippen LogP contribution is -2.32. The number of ether oxygens (including phenoxy) is 3. The Labute approximate surface area is 156 Å². The summed E-state index contributed by atoms with van der Waals surface area (Å²) in [5, 5.41) is 0.771. The maximum absolute atomic E-state index is 13.2. The second-order valence-electron chi connectivity index (χ2n) is 6.53. The van der Waals surface area contributed by atoms with Gasteiger partial charge in [-0.25, -0.2) is 0 Å². The number of benzene rings is 1. The van der Waals surface area contributed by atoms with Gasteiger partial charge in [-0.05, 0) is 31.0 Å². The van der Waals surface area contributed by atoms with E-state index in [0.717, 1.165) is 24.0 Å². The molecular formula is C20H22N2O5. The van der Waals surface area contributed by atoms with E-state index in [1.165, 1.54) is 0 Å². The maximum atomic E-state index is 13.2. The smallest absolute Gasteiger partial charge is 0.270 e. The quantitative estimate of drug-likeness (QED) is 0.688. The number of hydrogen-bond acceptors (Lipinski definition) is 5. The molecule has 27 heavy (non-hydrogen) atoms. The van der Waals surface area contributed by atoms with E-state index in [4.69, 9.17) is 18.6 Å². The van der Waals surface area contributed by atoms with Crippen molar-refractivity contribution in [2.45, 2.75) is 25.4 Å². The third-order valence-electron chi connectivity index (χ3n) is 4.83. The van der Waals surface area contributed by atoms with Crippen LogP contribution in [0, 0.1) is 0 Å². The van der Waals surface area contributed by atoms with Crippen LogP contribution in [0.3, 0.4) is 0 Å². The first-order chi connectivity index (χ1) is 13.2. The highest BCUT2D eigenvalue weighted by Crippen LogP contribution is 2.41. The molecule has 1 fully saturated rings. The van der Waals surface area contributed by atoms with E-state index >= 15 is 0 Å². The van der Waals surface area contributed by atoms with E-state index in [2.05, 4.69) is 4.98 Å². The zero-order valence-corrected chi connectivity index (χ0v) is 15.6. The van der Waals surface area contributed by atoms with Gasteiger partial charge in [-0.2, -0.15) is 0 Å². The van der Waals surface area contributed by atoms with E-state index in [1.54, 1.807) is 39.7 Å². The number of nitrogens with one attached hydrogen (secondary N) is 1. The van der Waals surface area contributed by atoms with Crippen molar-refractivity contribution in [3.8, 4) is 17.2 Å². The third kappa shape index (κ3) is 3.09. The van der Waals surface area contributed by atoms with E-state index in [0.29, 0.717) is 35.0 Å². The molecule has 1 aromatic carbocycles. The molecule has 0 saturated heterocycles. The number of carbonyl (C=O) groups is 1. The third-order valence-corrected chi connectivity index (χ3v) is 4.83. The van der Waals surface area contributed by atoms with E-state index in [-0.39, 0.29) is 11.9 Å². The fourth-order valence-electron chi connectivity index (χ4n) is 3.33. The van der Waals surface area contributed by atoms with Crippen LogP contribution in [0.15, 0.2) is 34.9 Å². The van der Waals surface area contributed by atoms with Gasteiger partial charge < -0.3 is 28.5 Å². The van der Waals surface area contributed by atoms with Crippen molar-refractivity contribution >= 4 is 16.8 Å². The minimum absolute atomic E-state index is 0.0758. The molecule has 0 aliphatic heterocycles. The largest absolute Gasteiger partial charge is 0.496 e. The normalized spacial score (nSPS) is 13.6. The van der Waals surface area contributed by atoms with Crippen molar-refractivity contribution < 1.29 is 23.4 Å². The average Bonchev–Trinajstić information content (AvgIpc) is 3.21. The second-order valence-corrected chi connectivity index (χ2v) is 6.53. The first-order valence-electron chi connectivity index (χ1n) is 8.81. The SMILES string of the molecule is COc1cc(OC)c2cc(C(=O)N(Cc3ccco3)C3CC3)[nH]c2c1OC. The predicted molar refractivity (Wildman–Crippen MR) is 99.6 cm³/mol. The zero-order chi connectivity index (χ0) is 19.0. The average molecular weight is 370 g/mol. The molecule has 4 rings (SSSR count). The van der Waals surface area contributed by atoms with Crippen LogP contribution < -0.4 is 14.2 Å². The molecule has 7 nitrogen and oxygen atoms in total. The van der Waals surface area contributed by atoms with Crippen molar-refractivity contribution in [2.24, 2.45) is 0 Å². The number of rotatable bonds is 7. The summed E-state index contributed by atoms with van der Waals surface area (Å²) < 4.78 is 21.8. The molecular weight excluding hydrogens is 348 g/mol. The summed E-state index contributed by atoms with van der Waals surface area (Å²) >= 11 is 0. The minimum atomic E-state index is -0.0758. The van der Waals surface area contributed by atoms with E-state index in [9.17, 15) is 4.79 Å². The summed E-state index contributed by atoms with van der Waals surface area (Å²) in [5.41, 5.74) is 1.15. The molecule has 0 unspecified atom stereocenters. The highest BCUT2D eigenvalue weighted by atomic mass is 16.5. The standard InChI is InChI=1S/C20H22N2O5/c1-24-16-10-17(25-2)19(26-3)18-14(16)9-15(21-18)20(23)22(12-6-7-12)11-13-5-4-8-27-13/h4-5,8-10,12,21H,6-7,11H2,1-3H3. The molecule has 0 spiro atoms. The van der Waals surface area contributed by atoms with Crippen molar-refractivity contribution in [3.63, 3.8) is 0 Å². The number of nitrogens with zero attached hydrogens (tertiary/aromatic N) is 1. The zero-order valence-electron chi connectivity index (χ0n) is 15.6. The summed E-state index contributed by atoms with van der Waals surface area (Å²) in [6.45, 7) is 0.448. The van der Waals surface area contributed by atoms with Crippen molar-refractivity contribution in [2.75, 3.05) is 21.3 Å². The van der Waals surface area contributed by atoms with Crippen LogP contribution in [0.25, 0.3) is 10.9 Å². The Morgan fingerprint density at radius 1 is 1.19 bits per heavy atom. The van der Waals surface area contributed by atoms with Crippen LogP contribution in [-0.4, -0.2) is 43.2 Å². The summed E-state index contributed by atoms with van der Waals surface area (Å²) in [6.07, 6.45) is 3.64. The second kappa shape index (κ2) is 6.90. The summed E-state index contributed by atoms with van der Waals surface area (Å²) in [4.78, 5) is 18.3. The summed E-state index contributed by atoms with van der Waals surface area (Å²) in [5.74, 6) is 2.38. The first-order valence-corrected chi connectivity index (χ1v) is 8.81. The predicted octanol–water partition coefficient (Wildman–Crippen LogP) is 3.59. The number of aromatic nitrogens is 1. The van der Waals surface area contributed by atoms with Crippen LogP contribution in [0.5, 0.6) is 17.2 Å². The fourth-order valence-corrected chi connectivity index (χ4v) is 3.33. The van der Waals surface area contributed by atoms with Crippen molar-refractivity contribution in [1.82, 2.24) is 9.88 Å². The van der Waals surface area contributed by atoms with E-state index < -0.39 is 0 Å². The number of H-pyrrole nitrogens is 1. The lowest BCUT2D eigenvalue weighted by Gasteiger charge is -2.20. The lowest BCUT2D eigenvalue weighted by atomic mass is 10.2. The topological polar surface area (TPSA) is 76.9 Å². The number of hydrogen-bond donors (Lipinski definition) is 1. The van der Waals surface area contributed by atoms with Gasteiger partial charge in [0.2, 0.25) is 0 Å². The Balaban J connectivity index is 1.75. The van der Waals surface area contributed by atoms with Gasteiger partial charge in [0.05, 0.1) is 39.7 Å². The molecule has 1 saturated carbocycles. The van der Waals surface area contributed by atoms with Gasteiger partial charge in [0, 0.05) is 17.5 Å². The molecule has 142 valence electrons. The van der Waals surface area contributed by atoms with Crippen LogP contribution in [-0.2, 0) is 6.54 Å². The van der Waals surface area contributed by atoms with Gasteiger partial charge in [-0.15, -0.1) is 0 Å². The fraction of sp³-hybridized carbons (Fsp3) is 0.350. The molecule has 0 atom stereocenters. The Bertz CT molecular complexity index is 957. The molecule has 7 heteroatoms. The van der Waals surface area contributed by atoms with Gasteiger partial charge in [0.1, 0.15) is 17.2 Å². The number of fused-ring (bicyclic) bond motifs is 1. The van der Waals surface area contributed by atoms with Crippen LogP contribution in [0.4, 0.5) is 0 Å². The van der Waals surface area contributed by atoms with Crippen molar-refractivity contribution in [1.29, 1.82) is 0 Å². The highest BCUT2D eigenvalue weighted by molar-refractivity contribution is 6.02. The minimum Gasteiger partial charge on any atom is -0.496 e. The number of aromatic amines is 1. The lowest BCUT2D eigenvalue weighted by molar-refractivity contribution is 0.0712. The molecule has 1 amide bonds. The Morgan fingerprint density at radius 3 is 2.56 bits per heavy atom. The number of amides is 1. The Kier molecular flexibility index (Phi) is 4.43. The number of furan rings is 1. The Hall–Kier alpha value is -3.09. The van der Waals surface area contributed by atoms with Crippen LogP contribution >= 0.6 is 0 Å². The molecule has 2 heterocycles. The molecule has 2 aromatic heterocycles. The molecule has 3 aromatic rings. The highest BCUT2D eigenvalue weighted by Gasteiger charge is 2.34. The van der Waals surface area contributed by atoms with Gasteiger partial charge in [0.15, 0.2) is 11.5 Å². The molecule has 0 bridgehead atoms. The Morgan fingerprint density at radius 2 is 1.96 bits per heavy atom. The van der Waals surface area contributed by atoms with Gasteiger partial charge in [-0.1, -0.05) is 0 Å². The molecule has 1 aliphatic carbocycles.